The molecule has 4 nitrogen and oxygen atoms in total. The number of hydrogen-bond acceptors (Lipinski definition) is 4. The number of rotatable bonds is 9. The van der Waals surface area contributed by atoms with Gasteiger partial charge in [-0.2, -0.15) is 0 Å². The van der Waals surface area contributed by atoms with Crippen molar-refractivity contribution in [1.29, 1.82) is 0 Å². The van der Waals surface area contributed by atoms with Gasteiger partial charge in [-0.3, -0.25) is 0 Å². The summed E-state index contributed by atoms with van der Waals surface area (Å²) in [5.74, 6) is 0. The summed E-state index contributed by atoms with van der Waals surface area (Å²) in [4.78, 5) is 9.29. The molecule has 0 spiro atoms. The third-order valence-electron chi connectivity index (χ3n) is 12.0. The molecule has 0 radical (unpaired) electrons. The highest BCUT2D eigenvalue weighted by Gasteiger charge is 2.33. The molecular formula is C51H50N4. The second kappa shape index (κ2) is 13.4. The van der Waals surface area contributed by atoms with Crippen LogP contribution in [0.25, 0.3) is 32.3 Å². The van der Waals surface area contributed by atoms with Crippen LogP contribution in [-0.4, -0.2) is 28.2 Å². The molecule has 0 N–H and O–H groups in total. The first-order chi connectivity index (χ1) is 26.6. The average molecular weight is 719 g/mol. The predicted octanol–water partition coefficient (Wildman–Crippen LogP) is 13.4. The molecule has 9 rings (SSSR count). The highest BCUT2D eigenvalue weighted by atomic mass is 15.2. The van der Waals surface area contributed by atoms with Gasteiger partial charge in [0.15, 0.2) is 0 Å². The fourth-order valence-electron chi connectivity index (χ4n) is 9.00. The second-order valence-electron chi connectivity index (χ2n) is 16.3. The molecule has 8 aromatic rings. The number of nitrogens with zero attached hydrogens (tertiary/aromatic N) is 4. The molecule has 0 saturated heterocycles. The van der Waals surface area contributed by atoms with Crippen molar-refractivity contribution in [1.82, 2.24) is 0 Å². The maximum atomic E-state index is 2.57. The van der Waals surface area contributed by atoms with E-state index in [2.05, 4.69) is 208 Å². The summed E-state index contributed by atoms with van der Waals surface area (Å²) in [6.45, 7) is 7.20. The van der Waals surface area contributed by atoms with Crippen LogP contribution in [0.15, 0.2) is 140 Å². The van der Waals surface area contributed by atoms with Crippen LogP contribution in [0.2, 0.25) is 0 Å². The highest BCUT2D eigenvalue weighted by molar-refractivity contribution is 6.30. The van der Waals surface area contributed by atoms with Gasteiger partial charge in [-0.25, -0.2) is 0 Å². The average Bonchev–Trinajstić information content (AvgIpc) is 3.20. The SMILES string of the molecule is CCc1cc(N(c2ccccc2)c2ccc(N(C)C)cc2)c2cc3c4c(cc(N(c5ccccc5)c5ccc(N(C)C)cc5)c5ccc1c2c54)CCC3(C)C. The monoisotopic (exact) mass is 718 g/mol. The highest BCUT2D eigenvalue weighted by Crippen LogP contribution is 2.54. The largest absolute Gasteiger partial charge is 0.378 e. The van der Waals surface area contributed by atoms with E-state index in [1.165, 1.54) is 71.8 Å². The van der Waals surface area contributed by atoms with Crippen LogP contribution >= 0.6 is 0 Å². The molecule has 0 aromatic heterocycles. The summed E-state index contributed by atoms with van der Waals surface area (Å²) < 4.78 is 0. The Morgan fingerprint density at radius 1 is 0.473 bits per heavy atom. The Labute approximate surface area is 326 Å². The molecule has 1 aliphatic rings. The van der Waals surface area contributed by atoms with Crippen LogP contribution in [0.3, 0.4) is 0 Å². The maximum Gasteiger partial charge on any atom is 0.0543 e. The van der Waals surface area contributed by atoms with E-state index < -0.39 is 0 Å². The number of benzene rings is 8. The van der Waals surface area contributed by atoms with Crippen molar-refractivity contribution in [2.75, 3.05) is 47.8 Å². The van der Waals surface area contributed by atoms with Gasteiger partial charge < -0.3 is 19.6 Å². The molecule has 0 unspecified atom stereocenters. The molecule has 0 amide bonds. The summed E-state index contributed by atoms with van der Waals surface area (Å²) in [5, 5.41) is 8.16. The third kappa shape index (κ3) is 5.74. The van der Waals surface area contributed by atoms with E-state index in [4.69, 9.17) is 0 Å². The van der Waals surface area contributed by atoms with Crippen molar-refractivity contribution in [3.05, 3.63) is 156 Å². The summed E-state index contributed by atoms with van der Waals surface area (Å²) in [6.07, 6.45) is 3.09. The van der Waals surface area contributed by atoms with Gasteiger partial charge in [0.05, 0.1) is 11.4 Å². The number of para-hydroxylation sites is 2. The van der Waals surface area contributed by atoms with Crippen molar-refractivity contribution < 1.29 is 0 Å². The van der Waals surface area contributed by atoms with Gasteiger partial charge in [0.1, 0.15) is 0 Å². The fourth-order valence-corrected chi connectivity index (χ4v) is 9.00. The van der Waals surface area contributed by atoms with Gasteiger partial charge in [0.25, 0.3) is 0 Å². The van der Waals surface area contributed by atoms with Crippen molar-refractivity contribution in [3.8, 4) is 0 Å². The van der Waals surface area contributed by atoms with Crippen molar-refractivity contribution >= 4 is 77.8 Å². The van der Waals surface area contributed by atoms with Crippen molar-refractivity contribution in [3.63, 3.8) is 0 Å². The van der Waals surface area contributed by atoms with Crippen LogP contribution in [0.5, 0.6) is 0 Å². The molecule has 0 atom stereocenters. The standard InChI is InChI=1S/C51H50N4/c1-8-34-31-47(55(39-17-13-10-14-18-39)41-25-21-37(22-26-41)53(6)7)44-33-45-48-35(29-30-51(45,2)3)32-46(43-28-27-42(34)49(44)50(43)48)54(38-15-11-9-12-16-38)40-23-19-36(20-24-40)52(4)5/h9-28,31-33H,8,29-30H2,1-7H3. The Morgan fingerprint density at radius 2 is 0.945 bits per heavy atom. The minimum Gasteiger partial charge on any atom is -0.378 e. The lowest BCUT2D eigenvalue weighted by molar-refractivity contribution is 0.475. The van der Waals surface area contributed by atoms with E-state index in [1.807, 2.05) is 0 Å². The Morgan fingerprint density at radius 3 is 1.45 bits per heavy atom. The Balaban J connectivity index is 1.40. The zero-order valence-electron chi connectivity index (χ0n) is 33.2. The van der Waals surface area contributed by atoms with Crippen molar-refractivity contribution in [2.24, 2.45) is 0 Å². The van der Waals surface area contributed by atoms with Gasteiger partial charge in [0.2, 0.25) is 0 Å². The van der Waals surface area contributed by atoms with Gasteiger partial charge in [-0.15, -0.1) is 0 Å². The minimum absolute atomic E-state index is 0.0219. The first-order valence-electron chi connectivity index (χ1n) is 19.7. The molecule has 0 bridgehead atoms. The molecule has 55 heavy (non-hydrogen) atoms. The molecule has 1 aliphatic carbocycles. The predicted molar refractivity (Wildman–Crippen MR) is 239 cm³/mol. The smallest absolute Gasteiger partial charge is 0.0543 e. The summed E-state index contributed by atoms with van der Waals surface area (Å²) >= 11 is 0. The molecular weight excluding hydrogens is 669 g/mol. The third-order valence-corrected chi connectivity index (χ3v) is 12.0. The van der Waals surface area contributed by atoms with Gasteiger partial charge in [0, 0.05) is 78.5 Å². The Bertz CT molecular complexity index is 2640. The van der Waals surface area contributed by atoms with E-state index in [9.17, 15) is 0 Å². The lowest BCUT2D eigenvalue weighted by Crippen LogP contribution is -2.24. The van der Waals surface area contributed by atoms with Crippen LogP contribution in [0, 0.1) is 0 Å². The van der Waals surface area contributed by atoms with E-state index in [0.29, 0.717) is 0 Å². The molecule has 0 saturated carbocycles. The fraction of sp³-hybridized carbons (Fsp3) is 0.216. The molecule has 8 aromatic carbocycles. The van der Waals surface area contributed by atoms with E-state index >= 15 is 0 Å². The Hall–Kier alpha value is -6.00. The van der Waals surface area contributed by atoms with Crippen LogP contribution < -0.4 is 19.6 Å². The van der Waals surface area contributed by atoms with Crippen molar-refractivity contribution in [2.45, 2.75) is 45.4 Å². The zero-order valence-corrected chi connectivity index (χ0v) is 33.2. The second-order valence-corrected chi connectivity index (χ2v) is 16.3. The molecule has 274 valence electrons. The van der Waals surface area contributed by atoms with E-state index in [-0.39, 0.29) is 5.41 Å². The number of hydrogen-bond donors (Lipinski definition) is 0. The number of aryl methyl sites for hydroxylation is 2. The molecule has 0 heterocycles. The first kappa shape index (κ1) is 34.7. The van der Waals surface area contributed by atoms with Gasteiger partial charge in [-0.1, -0.05) is 69.3 Å². The maximum absolute atomic E-state index is 2.57. The Kier molecular flexibility index (Phi) is 8.46. The normalized spacial score (nSPS) is 13.4. The summed E-state index contributed by atoms with van der Waals surface area (Å²) in [6, 6.07) is 52.2. The molecule has 0 aliphatic heterocycles. The van der Waals surface area contributed by atoms with Crippen LogP contribution in [-0.2, 0) is 18.3 Å². The summed E-state index contributed by atoms with van der Waals surface area (Å²) in [5.41, 5.74) is 13.7. The first-order valence-corrected chi connectivity index (χ1v) is 19.7. The minimum atomic E-state index is 0.0219. The van der Waals surface area contributed by atoms with Gasteiger partial charge >= 0.3 is 0 Å². The molecule has 0 fully saturated rings. The van der Waals surface area contributed by atoms with E-state index in [1.54, 1.807) is 0 Å². The lowest BCUT2D eigenvalue weighted by atomic mass is 9.70. The number of anilines is 8. The van der Waals surface area contributed by atoms with E-state index in [0.717, 1.165) is 42.0 Å². The van der Waals surface area contributed by atoms with Crippen LogP contribution in [0.4, 0.5) is 45.5 Å². The quantitative estimate of drug-likeness (QED) is 0.138. The molecule has 4 heteroatoms. The zero-order chi connectivity index (χ0) is 38.0. The van der Waals surface area contributed by atoms with Gasteiger partial charge in [-0.05, 0) is 149 Å². The lowest BCUT2D eigenvalue weighted by Gasteiger charge is -2.37. The topological polar surface area (TPSA) is 13.0 Å². The van der Waals surface area contributed by atoms with Crippen LogP contribution in [0.1, 0.15) is 43.9 Å². The summed E-state index contributed by atoms with van der Waals surface area (Å²) in [7, 11) is 8.41.